The van der Waals surface area contributed by atoms with Crippen LogP contribution >= 0.6 is 0 Å². The highest BCUT2D eigenvalue weighted by atomic mass is 16.5. The molecule has 1 aliphatic carbocycles. The average molecular weight is 332 g/mol. The van der Waals surface area contributed by atoms with Crippen LogP contribution in [0.2, 0.25) is 0 Å². The normalized spacial score (nSPS) is 19.1. The van der Waals surface area contributed by atoms with Gasteiger partial charge in [0.15, 0.2) is 0 Å². The van der Waals surface area contributed by atoms with E-state index in [1.54, 1.807) is 7.11 Å². The van der Waals surface area contributed by atoms with Crippen molar-refractivity contribution in [3.63, 3.8) is 0 Å². The predicted molar refractivity (Wildman–Crippen MR) is 93.8 cm³/mol. The molecule has 1 aromatic carbocycles. The van der Waals surface area contributed by atoms with Gasteiger partial charge < -0.3 is 19.3 Å². The third kappa shape index (κ3) is 4.20. The fraction of sp³-hybridized carbons (Fsp3) is 0.632. The molecule has 132 valence electrons. The molecule has 5 heteroatoms. The molecule has 2 aliphatic rings. The number of hydrogen-bond acceptors (Lipinski definition) is 4. The second-order valence-electron chi connectivity index (χ2n) is 7.11. The zero-order valence-electron chi connectivity index (χ0n) is 15.0. The second-order valence-corrected chi connectivity index (χ2v) is 7.11. The number of carbonyl (C=O) groups excluding carboxylic acids is 1. The standard InChI is InChI=1S/C19H28N2O3/c1-20-10-8-14(9-11-20)13-21(2)19(22)17-7-6-16(12-18(17)23-3)24-15-4-5-15/h6-7,12,14-15H,4-5,8-11,13H2,1-3H3. The van der Waals surface area contributed by atoms with Crippen LogP contribution in [0.1, 0.15) is 36.0 Å². The minimum absolute atomic E-state index is 0.0174. The Morgan fingerprint density at radius 2 is 1.96 bits per heavy atom. The van der Waals surface area contributed by atoms with Crippen LogP contribution in [0.5, 0.6) is 11.5 Å². The molecule has 24 heavy (non-hydrogen) atoms. The summed E-state index contributed by atoms with van der Waals surface area (Å²) in [5.74, 6) is 1.97. The van der Waals surface area contributed by atoms with Gasteiger partial charge >= 0.3 is 0 Å². The van der Waals surface area contributed by atoms with Gasteiger partial charge in [-0.25, -0.2) is 0 Å². The monoisotopic (exact) mass is 332 g/mol. The Morgan fingerprint density at radius 1 is 1.25 bits per heavy atom. The molecule has 1 aromatic rings. The molecule has 0 aromatic heterocycles. The SMILES string of the molecule is COc1cc(OC2CC2)ccc1C(=O)N(C)CC1CCN(C)CC1. The molecule has 5 nitrogen and oxygen atoms in total. The van der Waals surface area contributed by atoms with Crippen LogP contribution in [0.15, 0.2) is 18.2 Å². The zero-order valence-corrected chi connectivity index (χ0v) is 15.0. The van der Waals surface area contributed by atoms with E-state index in [1.807, 2.05) is 30.1 Å². The Kier molecular flexibility index (Phi) is 5.29. The van der Waals surface area contributed by atoms with Crippen molar-refractivity contribution >= 4 is 5.91 Å². The molecule has 1 saturated carbocycles. The van der Waals surface area contributed by atoms with Gasteiger partial charge in [0, 0.05) is 19.7 Å². The predicted octanol–water partition coefficient (Wildman–Crippen LogP) is 2.65. The van der Waals surface area contributed by atoms with Crippen LogP contribution < -0.4 is 9.47 Å². The maximum absolute atomic E-state index is 12.8. The van der Waals surface area contributed by atoms with Crippen LogP contribution in [-0.2, 0) is 0 Å². The van der Waals surface area contributed by atoms with Gasteiger partial charge in [-0.15, -0.1) is 0 Å². The van der Waals surface area contributed by atoms with Crippen molar-refractivity contribution in [3.8, 4) is 11.5 Å². The molecule has 1 heterocycles. The topological polar surface area (TPSA) is 42.0 Å². The van der Waals surface area contributed by atoms with E-state index in [0.29, 0.717) is 23.3 Å². The first-order valence-corrected chi connectivity index (χ1v) is 8.85. The molecule has 0 radical (unpaired) electrons. The number of ether oxygens (including phenoxy) is 2. The highest BCUT2D eigenvalue weighted by molar-refractivity contribution is 5.97. The number of rotatable bonds is 6. The van der Waals surface area contributed by atoms with E-state index in [-0.39, 0.29) is 5.91 Å². The first-order valence-electron chi connectivity index (χ1n) is 8.85. The van der Waals surface area contributed by atoms with E-state index in [4.69, 9.17) is 9.47 Å². The molecular formula is C19H28N2O3. The van der Waals surface area contributed by atoms with E-state index in [9.17, 15) is 4.79 Å². The van der Waals surface area contributed by atoms with Crippen molar-refractivity contribution < 1.29 is 14.3 Å². The lowest BCUT2D eigenvalue weighted by atomic mass is 9.96. The van der Waals surface area contributed by atoms with Crippen molar-refractivity contribution in [1.29, 1.82) is 0 Å². The van der Waals surface area contributed by atoms with Crippen LogP contribution in [0.3, 0.4) is 0 Å². The molecule has 1 amide bonds. The molecule has 0 N–H and O–H groups in total. The highest BCUT2D eigenvalue weighted by Crippen LogP contribution is 2.31. The van der Waals surface area contributed by atoms with E-state index in [2.05, 4.69) is 11.9 Å². The van der Waals surface area contributed by atoms with E-state index in [0.717, 1.165) is 51.1 Å². The number of amides is 1. The maximum atomic E-state index is 12.8. The third-order valence-electron chi connectivity index (χ3n) is 4.95. The zero-order chi connectivity index (χ0) is 17.1. The van der Waals surface area contributed by atoms with Crippen LogP contribution in [0.25, 0.3) is 0 Å². The van der Waals surface area contributed by atoms with Gasteiger partial charge in [0.2, 0.25) is 0 Å². The van der Waals surface area contributed by atoms with Gasteiger partial charge in [0.25, 0.3) is 5.91 Å². The number of piperidine rings is 1. The summed E-state index contributed by atoms with van der Waals surface area (Å²) in [7, 11) is 5.64. The first kappa shape index (κ1) is 17.1. The lowest BCUT2D eigenvalue weighted by molar-refractivity contribution is 0.0744. The number of nitrogens with zero attached hydrogens (tertiary/aromatic N) is 2. The Morgan fingerprint density at radius 3 is 2.58 bits per heavy atom. The largest absolute Gasteiger partial charge is 0.496 e. The minimum atomic E-state index is 0.0174. The Balaban J connectivity index is 1.64. The molecule has 0 unspecified atom stereocenters. The van der Waals surface area contributed by atoms with Crippen molar-refractivity contribution in [3.05, 3.63) is 23.8 Å². The van der Waals surface area contributed by atoms with Gasteiger partial charge in [-0.1, -0.05) is 0 Å². The molecule has 1 aliphatic heterocycles. The summed E-state index contributed by atoms with van der Waals surface area (Å²) in [5, 5.41) is 0. The summed E-state index contributed by atoms with van der Waals surface area (Å²) in [5.41, 5.74) is 0.607. The molecule has 2 fully saturated rings. The third-order valence-corrected chi connectivity index (χ3v) is 4.95. The molecule has 1 saturated heterocycles. The minimum Gasteiger partial charge on any atom is -0.496 e. The summed E-state index contributed by atoms with van der Waals surface area (Å²) in [4.78, 5) is 17.0. The Labute approximate surface area is 144 Å². The van der Waals surface area contributed by atoms with Gasteiger partial charge in [-0.2, -0.15) is 0 Å². The molecule has 3 rings (SSSR count). The summed E-state index contributed by atoms with van der Waals surface area (Å²) >= 11 is 0. The van der Waals surface area contributed by atoms with Gasteiger partial charge in [0.1, 0.15) is 11.5 Å². The van der Waals surface area contributed by atoms with Crippen molar-refractivity contribution in [2.45, 2.75) is 31.8 Å². The number of likely N-dealkylation sites (tertiary alicyclic amines) is 1. The van der Waals surface area contributed by atoms with Crippen molar-refractivity contribution in [2.24, 2.45) is 5.92 Å². The number of carbonyl (C=O) groups is 1. The number of benzene rings is 1. The number of hydrogen-bond donors (Lipinski definition) is 0. The van der Waals surface area contributed by atoms with E-state index < -0.39 is 0 Å². The smallest absolute Gasteiger partial charge is 0.257 e. The summed E-state index contributed by atoms with van der Waals surface area (Å²) in [6.07, 6.45) is 4.87. The first-order chi connectivity index (χ1) is 11.6. The summed E-state index contributed by atoms with van der Waals surface area (Å²) in [6.45, 7) is 3.03. The van der Waals surface area contributed by atoms with E-state index >= 15 is 0 Å². The number of methoxy groups -OCH3 is 1. The van der Waals surface area contributed by atoms with Crippen LogP contribution in [-0.4, -0.2) is 62.7 Å². The highest BCUT2D eigenvalue weighted by Gasteiger charge is 2.25. The van der Waals surface area contributed by atoms with Crippen LogP contribution in [0.4, 0.5) is 0 Å². The fourth-order valence-corrected chi connectivity index (χ4v) is 3.22. The van der Waals surface area contributed by atoms with Gasteiger partial charge in [-0.05, 0) is 63.9 Å². The molecule has 0 bridgehead atoms. The maximum Gasteiger partial charge on any atom is 0.257 e. The quantitative estimate of drug-likeness (QED) is 0.803. The lowest BCUT2D eigenvalue weighted by Gasteiger charge is -2.31. The lowest BCUT2D eigenvalue weighted by Crippen LogP contribution is -2.38. The van der Waals surface area contributed by atoms with Gasteiger partial charge in [-0.3, -0.25) is 4.79 Å². The van der Waals surface area contributed by atoms with E-state index in [1.165, 1.54) is 0 Å². The van der Waals surface area contributed by atoms with Gasteiger partial charge in [0.05, 0.1) is 18.8 Å². The average Bonchev–Trinajstić information content (AvgIpc) is 3.40. The second kappa shape index (κ2) is 7.43. The van der Waals surface area contributed by atoms with Crippen molar-refractivity contribution in [2.75, 3.05) is 40.8 Å². The fourth-order valence-electron chi connectivity index (χ4n) is 3.22. The summed E-state index contributed by atoms with van der Waals surface area (Å²) < 4.78 is 11.2. The molecular weight excluding hydrogens is 304 g/mol. The molecule has 0 spiro atoms. The van der Waals surface area contributed by atoms with Crippen molar-refractivity contribution in [1.82, 2.24) is 9.80 Å². The van der Waals surface area contributed by atoms with Crippen LogP contribution in [0, 0.1) is 5.92 Å². The summed E-state index contributed by atoms with van der Waals surface area (Å²) in [6, 6.07) is 5.52. The molecule has 0 atom stereocenters. The Bertz CT molecular complexity index is 578. The Hall–Kier alpha value is -1.75.